The number of halogens is 1. The van der Waals surface area contributed by atoms with Crippen LogP contribution in [-0.2, 0) is 13.0 Å². The van der Waals surface area contributed by atoms with Crippen molar-refractivity contribution in [3.63, 3.8) is 0 Å². The quantitative estimate of drug-likeness (QED) is 0.938. The van der Waals surface area contributed by atoms with E-state index >= 15 is 0 Å². The van der Waals surface area contributed by atoms with Gasteiger partial charge in [0.05, 0.1) is 0 Å². The second kappa shape index (κ2) is 8.28. The molecule has 118 valence electrons. The van der Waals surface area contributed by atoms with Gasteiger partial charge in [0.2, 0.25) is 0 Å². The van der Waals surface area contributed by atoms with Gasteiger partial charge in [-0.1, -0.05) is 37.3 Å². The number of hydrogen-bond acceptors (Lipinski definition) is 3. The molecule has 1 aromatic carbocycles. The maximum Gasteiger partial charge on any atom is 0.0476 e. The molecular formula is C18H24ClN3. The Morgan fingerprint density at radius 3 is 2.68 bits per heavy atom. The number of nitrogens with zero attached hydrogens (tertiary/aromatic N) is 2. The van der Waals surface area contributed by atoms with Crippen LogP contribution in [0.2, 0.25) is 0 Å². The lowest BCUT2D eigenvalue weighted by atomic mass is 10.0. The van der Waals surface area contributed by atoms with Crippen LogP contribution in [0.5, 0.6) is 0 Å². The second-order valence-electron chi connectivity index (χ2n) is 5.65. The normalized spacial score (nSPS) is 18.7. The van der Waals surface area contributed by atoms with Gasteiger partial charge in [0.1, 0.15) is 0 Å². The number of aromatic nitrogens is 1. The molecule has 0 bridgehead atoms. The monoisotopic (exact) mass is 317 g/mol. The molecule has 1 unspecified atom stereocenters. The fourth-order valence-corrected chi connectivity index (χ4v) is 2.97. The summed E-state index contributed by atoms with van der Waals surface area (Å²) in [5.41, 5.74) is 4.10. The topological polar surface area (TPSA) is 28.2 Å². The van der Waals surface area contributed by atoms with E-state index in [1.54, 1.807) is 0 Å². The van der Waals surface area contributed by atoms with Crippen molar-refractivity contribution in [1.29, 1.82) is 0 Å². The molecule has 3 nitrogen and oxygen atoms in total. The first-order valence-corrected chi connectivity index (χ1v) is 7.79. The largest absolute Gasteiger partial charge is 0.314 e. The summed E-state index contributed by atoms with van der Waals surface area (Å²) >= 11 is 0. The van der Waals surface area contributed by atoms with Crippen LogP contribution in [0.1, 0.15) is 29.7 Å². The molecule has 22 heavy (non-hydrogen) atoms. The molecule has 0 spiro atoms. The minimum atomic E-state index is 0. The molecule has 2 aromatic rings. The Morgan fingerprint density at radius 1 is 1.18 bits per heavy atom. The van der Waals surface area contributed by atoms with Crippen molar-refractivity contribution in [2.75, 3.05) is 19.6 Å². The average molecular weight is 318 g/mol. The lowest BCUT2D eigenvalue weighted by molar-refractivity contribution is 0.153. The van der Waals surface area contributed by atoms with Crippen LogP contribution in [0.4, 0.5) is 0 Å². The second-order valence-corrected chi connectivity index (χ2v) is 5.65. The van der Waals surface area contributed by atoms with Gasteiger partial charge in [0.25, 0.3) is 0 Å². The zero-order valence-electron chi connectivity index (χ0n) is 13.0. The van der Waals surface area contributed by atoms with Crippen LogP contribution in [0.15, 0.2) is 48.8 Å². The van der Waals surface area contributed by atoms with E-state index in [9.17, 15) is 0 Å². The Kier molecular flexibility index (Phi) is 6.37. The van der Waals surface area contributed by atoms with E-state index in [-0.39, 0.29) is 12.4 Å². The lowest BCUT2D eigenvalue weighted by Gasteiger charge is -2.36. The summed E-state index contributed by atoms with van der Waals surface area (Å²) in [7, 11) is 0. The molecule has 1 fully saturated rings. The summed E-state index contributed by atoms with van der Waals surface area (Å²) in [6, 6.07) is 13.7. The molecule has 0 aliphatic carbocycles. The third-order valence-corrected chi connectivity index (χ3v) is 4.24. The lowest BCUT2D eigenvalue weighted by Crippen LogP contribution is -2.45. The van der Waals surface area contributed by atoms with Gasteiger partial charge in [-0.15, -0.1) is 12.4 Å². The molecule has 0 amide bonds. The van der Waals surface area contributed by atoms with E-state index in [0.29, 0.717) is 6.04 Å². The average Bonchev–Trinajstić information content (AvgIpc) is 2.56. The fourth-order valence-electron chi connectivity index (χ4n) is 2.97. The van der Waals surface area contributed by atoms with Crippen LogP contribution >= 0.6 is 12.4 Å². The maximum absolute atomic E-state index is 4.23. The minimum Gasteiger partial charge on any atom is -0.314 e. The first-order chi connectivity index (χ1) is 10.4. The maximum atomic E-state index is 4.23. The van der Waals surface area contributed by atoms with Crippen LogP contribution in [0.25, 0.3) is 0 Å². The molecule has 1 saturated heterocycles. The van der Waals surface area contributed by atoms with Crippen molar-refractivity contribution in [2.45, 2.75) is 25.9 Å². The molecule has 1 aromatic heterocycles. The number of benzene rings is 1. The Morgan fingerprint density at radius 2 is 2.00 bits per heavy atom. The Balaban J connectivity index is 0.00000176. The number of aryl methyl sites for hydroxylation is 1. The van der Waals surface area contributed by atoms with Crippen molar-refractivity contribution in [1.82, 2.24) is 15.2 Å². The molecule has 1 N–H and O–H groups in total. The fraction of sp³-hybridized carbons (Fsp3) is 0.389. The summed E-state index contributed by atoms with van der Waals surface area (Å²) in [5.74, 6) is 0. The van der Waals surface area contributed by atoms with Gasteiger partial charge in [0, 0.05) is 44.6 Å². The van der Waals surface area contributed by atoms with E-state index in [2.05, 4.69) is 52.5 Å². The summed E-state index contributed by atoms with van der Waals surface area (Å²) < 4.78 is 0. The molecule has 1 aliphatic rings. The van der Waals surface area contributed by atoms with E-state index in [0.717, 1.165) is 32.6 Å². The SMILES string of the molecule is CCc1ccc(C2CNCCN2Cc2cccnc2)cc1.Cl. The Bertz CT molecular complexity index is 556. The molecule has 4 heteroatoms. The molecule has 3 rings (SSSR count). The highest BCUT2D eigenvalue weighted by molar-refractivity contribution is 5.85. The smallest absolute Gasteiger partial charge is 0.0476 e. The first-order valence-electron chi connectivity index (χ1n) is 7.79. The number of nitrogens with one attached hydrogen (secondary N) is 1. The third-order valence-electron chi connectivity index (χ3n) is 4.24. The number of piperazine rings is 1. The molecule has 0 radical (unpaired) electrons. The predicted molar refractivity (Wildman–Crippen MR) is 93.3 cm³/mol. The molecule has 1 atom stereocenters. The number of pyridine rings is 1. The van der Waals surface area contributed by atoms with Crippen LogP contribution in [0.3, 0.4) is 0 Å². The van der Waals surface area contributed by atoms with Crippen molar-refractivity contribution in [2.24, 2.45) is 0 Å². The van der Waals surface area contributed by atoms with E-state index in [1.165, 1.54) is 16.7 Å². The summed E-state index contributed by atoms with van der Waals surface area (Å²) in [4.78, 5) is 6.78. The van der Waals surface area contributed by atoms with Gasteiger partial charge in [-0.2, -0.15) is 0 Å². The van der Waals surface area contributed by atoms with Crippen molar-refractivity contribution < 1.29 is 0 Å². The van der Waals surface area contributed by atoms with E-state index < -0.39 is 0 Å². The van der Waals surface area contributed by atoms with Crippen LogP contribution in [-0.4, -0.2) is 29.5 Å². The summed E-state index contributed by atoms with van der Waals surface area (Å²) in [6.07, 6.45) is 4.91. The Hall–Kier alpha value is -1.42. The van der Waals surface area contributed by atoms with Crippen LogP contribution < -0.4 is 5.32 Å². The van der Waals surface area contributed by atoms with Crippen molar-refractivity contribution in [3.05, 3.63) is 65.5 Å². The van der Waals surface area contributed by atoms with Crippen LogP contribution in [0, 0.1) is 0 Å². The van der Waals surface area contributed by atoms with Gasteiger partial charge in [0.15, 0.2) is 0 Å². The number of hydrogen-bond donors (Lipinski definition) is 1. The third kappa shape index (κ3) is 4.07. The predicted octanol–water partition coefficient (Wildman–Crippen LogP) is 3.21. The standard InChI is InChI=1S/C18H23N3.ClH/c1-2-15-5-7-17(8-6-15)18-13-20-10-11-21(18)14-16-4-3-9-19-12-16;/h3-9,12,18,20H,2,10-11,13-14H2,1H3;1H. The number of rotatable bonds is 4. The molecular weight excluding hydrogens is 294 g/mol. The van der Waals surface area contributed by atoms with Crippen molar-refractivity contribution in [3.8, 4) is 0 Å². The van der Waals surface area contributed by atoms with Gasteiger partial charge < -0.3 is 5.32 Å². The minimum absolute atomic E-state index is 0. The van der Waals surface area contributed by atoms with Gasteiger partial charge in [-0.3, -0.25) is 9.88 Å². The zero-order valence-corrected chi connectivity index (χ0v) is 13.9. The van der Waals surface area contributed by atoms with E-state index in [1.807, 2.05) is 18.5 Å². The molecule has 1 aliphatic heterocycles. The highest BCUT2D eigenvalue weighted by Crippen LogP contribution is 2.24. The summed E-state index contributed by atoms with van der Waals surface area (Å²) in [5, 5.41) is 3.52. The van der Waals surface area contributed by atoms with E-state index in [4.69, 9.17) is 0 Å². The zero-order chi connectivity index (χ0) is 14.5. The first kappa shape index (κ1) is 16.9. The molecule has 0 saturated carbocycles. The van der Waals surface area contributed by atoms with Gasteiger partial charge in [-0.05, 0) is 29.2 Å². The Labute approximate surface area is 139 Å². The molecule has 2 heterocycles. The van der Waals surface area contributed by atoms with Crippen molar-refractivity contribution >= 4 is 12.4 Å². The van der Waals surface area contributed by atoms with Gasteiger partial charge in [-0.25, -0.2) is 0 Å². The van der Waals surface area contributed by atoms with Gasteiger partial charge >= 0.3 is 0 Å². The highest BCUT2D eigenvalue weighted by atomic mass is 35.5. The summed E-state index contributed by atoms with van der Waals surface area (Å²) in [6.45, 7) is 6.33. The highest BCUT2D eigenvalue weighted by Gasteiger charge is 2.23.